The molecule has 0 aliphatic carbocycles. The third kappa shape index (κ3) is 6.65. The first-order valence-corrected chi connectivity index (χ1v) is 11.4. The molecule has 4 rings (SSSR count). The molecule has 1 fully saturated rings. The number of carboxylic acid groups (broad SMARTS) is 1. The van der Waals surface area contributed by atoms with Gasteiger partial charge in [-0.3, -0.25) is 4.98 Å². The Morgan fingerprint density at radius 3 is 2.40 bits per heavy atom. The van der Waals surface area contributed by atoms with E-state index in [1.165, 1.54) is 6.92 Å². The molecule has 1 aromatic heterocycles. The molecule has 182 valence electrons. The van der Waals surface area contributed by atoms with Crippen molar-refractivity contribution in [1.82, 2.24) is 4.98 Å². The highest BCUT2D eigenvalue weighted by molar-refractivity contribution is 6.11. The van der Waals surface area contributed by atoms with E-state index in [1.54, 1.807) is 6.20 Å². The number of ether oxygens (including phenoxy) is 3. The van der Waals surface area contributed by atoms with E-state index in [4.69, 9.17) is 24.2 Å². The molecule has 0 radical (unpaired) electrons. The standard InChI is InChI=1S/C27H28N2O6/c1-27(26(30)31)33-18-21(19-34-27)17-20-10-12-23(13-11-20)32-15-16-35-29-25(22-7-3-2-4-8-22)24-9-5-6-14-28-24/h2-14,21H,15-19H2,1H3,(H,30,31)/b29-25+. The summed E-state index contributed by atoms with van der Waals surface area (Å²) in [4.78, 5) is 21.1. The smallest absolute Gasteiger partial charge is 0.364 e. The monoisotopic (exact) mass is 476 g/mol. The number of benzene rings is 2. The molecule has 0 unspecified atom stereocenters. The number of nitrogens with zero attached hydrogens (tertiary/aromatic N) is 2. The topological polar surface area (TPSA) is 99.5 Å². The van der Waals surface area contributed by atoms with Gasteiger partial charge in [0.2, 0.25) is 0 Å². The largest absolute Gasteiger partial charge is 0.490 e. The van der Waals surface area contributed by atoms with Crippen LogP contribution < -0.4 is 4.74 Å². The number of rotatable bonds is 10. The van der Waals surface area contributed by atoms with Gasteiger partial charge in [-0.25, -0.2) is 4.79 Å². The second-order valence-corrected chi connectivity index (χ2v) is 8.29. The van der Waals surface area contributed by atoms with E-state index in [0.717, 1.165) is 29.0 Å². The molecule has 1 saturated heterocycles. The first-order valence-electron chi connectivity index (χ1n) is 11.4. The SMILES string of the molecule is CC1(C(=O)O)OCC(Cc2ccc(OCCO/N=C(\c3ccccc3)c3ccccn3)cc2)CO1. The van der Waals surface area contributed by atoms with Gasteiger partial charge >= 0.3 is 5.97 Å². The molecule has 35 heavy (non-hydrogen) atoms. The minimum atomic E-state index is -1.56. The number of oxime groups is 1. The number of hydrogen-bond acceptors (Lipinski definition) is 7. The van der Waals surface area contributed by atoms with E-state index in [1.807, 2.05) is 72.8 Å². The van der Waals surface area contributed by atoms with Crippen LogP contribution in [0.15, 0.2) is 84.1 Å². The van der Waals surface area contributed by atoms with Gasteiger partial charge in [-0.15, -0.1) is 0 Å². The molecule has 2 heterocycles. The Balaban J connectivity index is 1.24. The highest BCUT2D eigenvalue weighted by Crippen LogP contribution is 2.24. The Hall–Kier alpha value is -3.75. The summed E-state index contributed by atoms with van der Waals surface area (Å²) in [5.74, 6) is -1.85. The van der Waals surface area contributed by atoms with Crippen LogP contribution in [-0.2, 0) is 25.5 Å². The molecule has 2 aromatic carbocycles. The third-order valence-electron chi connectivity index (χ3n) is 5.58. The Morgan fingerprint density at radius 1 is 1.03 bits per heavy atom. The van der Waals surface area contributed by atoms with Gasteiger partial charge in [0.1, 0.15) is 18.1 Å². The lowest BCUT2D eigenvalue weighted by Crippen LogP contribution is -2.48. The molecule has 3 aromatic rings. The van der Waals surface area contributed by atoms with Gasteiger partial charge in [0, 0.05) is 24.6 Å². The Kier molecular flexibility index (Phi) is 8.07. The van der Waals surface area contributed by atoms with Crippen molar-refractivity contribution in [3.63, 3.8) is 0 Å². The second kappa shape index (κ2) is 11.6. The van der Waals surface area contributed by atoms with Crippen LogP contribution in [0.5, 0.6) is 5.75 Å². The van der Waals surface area contributed by atoms with Gasteiger partial charge in [0.05, 0.1) is 18.9 Å². The zero-order valence-electron chi connectivity index (χ0n) is 19.5. The van der Waals surface area contributed by atoms with E-state index in [-0.39, 0.29) is 12.5 Å². The number of aliphatic carboxylic acids is 1. The maximum absolute atomic E-state index is 11.2. The second-order valence-electron chi connectivity index (χ2n) is 8.29. The summed E-state index contributed by atoms with van der Waals surface area (Å²) < 4.78 is 16.6. The summed E-state index contributed by atoms with van der Waals surface area (Å²) in [6, 6.07) is 23.2. The number of carbonyl (C=O) groups is 1. The van der Waals surface area contributed by atoms with Crippen molar-refractivity contribution in [2.45, 2.75) is 19.1 Å². The van der Waals surface area contributed by atoms with E-state index < -0.39 is 11.8 Å². The fourth-order valence-corrected chi connectivity index (χ4v) is 3.59. The van der Waals surface area contributed by atoms with Crippen LogP contribution in [0.3, 0.4) is 0 Å². The molecule has 0 spiro atoms. The average molecular weight is 477 g/mol. The number of hydrogen-bond donors (Lipinski definition) is 1. The van der Waals surface area contributed by atoms with Crippen molar-refractivity contribution in [1.29, 1.82) is 0 Å². The fraction of sp³-hybridized carbons (Fsp3) is 0.296. The van der Waals surface area contributed by atoms with Crippen molar-refractivity contribution in [2.75, 3.05) is 26.4 Å². The van der Waals surface area contributed by atoms with Gasteiger partial charge < -0.3 is 24.2 Å². The predicted octanol–water partition coefficient (Wildman–Crippen LogP) is 3.94. The van der Waals surface area contributed by atoms with Gasteiger partial charge in [-0.05, 0) is 36.2 Å². The molecular formula is C27H28N2O6. The van der Waals surface area contributed by atoms with Crippen molar-refractivity contribution in [3.05, 3.63) is 95.8 Å². The minimum absolute atomic E-state index is 0.0957. The van der Waals surface area contributed by atoms with E-state index in [0.29, 0.717) is 25.5 Å². The molecule has 1 aliphatic rings. The summed E-state index contributed by atoms with van der Waals surface area (Å²) in [6.45, 7) is 2.72. The molecule has 8 nitrogen and oxygen atoms in total. The Bertz CT molecular complexity index is 1070. The maximum Gasteiger partial charge on any atom is 0.364 e. The minimum Gasteiger partial charge on any atom is -0.490 e. The summed E-state index contributed by atoms with van der Waals surface area (Å²) in [5, 5.41) is 13.5. The van der Waals surface area contributed by atoms with Crippen LogP contribution in [0.1, 0.15) is 23.7 Å². The highest BCUT2D eigenvalue weighted by atomic mass is 16.7. The lowest BCUT2D eigenvalue weighted by atomic mass is 9.99. The van der Waals surface area contributed by atoms with Crippen LogP contribution in [0.25, 0.3) is 0 Å². The van der Waals surface area contributed by atoms with E-state index in [2.05, 4.69) is 10.1 Å². The molecule has 0 saturated carbocycles. The normalized spacial score (nSPS) is 20.3. The zero-order valence-corrected chi connectivity index (χ0v) is 19.5. The molecule has 1 N–H and O–H groups in total. The van der Waals surface area contributed by atoms with Gasteiger partial charge in [0.15, 0.2) is 6.61 Å². The van der Waals surface area contributed by atoms with Gasteiger partial charge in [0.25, 0.3) is 5.79 Å². The Labute approximate surface area is 204 Å². The summed E-state index contributed by atoms with van der Waals surface area (Å²) >= 11 is 0. The zero-order chi connectivity index (χ0) is 24.5. The summed E-state index contributed by atoms with van der Waals surface area (Å²) in [7, 11) is 0. The predicted molar refractivity (Wildman–Crippen MR) is 129 cm³/mol. The first-order chi connectivity index (χ1) is 17.0. The molecule has 0 bridgehead atoms. The van der Waals surface area contributed by atoms with Crippen LogP contribution in [-0.4, -0.2) is 54.0 Å². The van der Waals surface area contributed by atoms with Crippen LogP contribution in [0, 0.1) is 5.92 Å². The molecule has 1 aliphatic heterocycles. The molecule has 8 heteroatoms. The van der Waals surface area contributed by atoms with Crippen LogP contribution in [0.4, 0.5) is 0 Å². The van der Waals surface area contributed by atoms with Crippen molar-refractivity contribution < 1.29 is 28.9 Å². The quantitative estimate of drug-likeness (QED) is 0.269. The molecule has 0 amide bonds. The summed E-state index contributed by atoms with van der Waals surface area (Å²) in [5.41, 5.74) is 3.41. The lowest BCUT2D eigenvalue weighted by molar-refractivity contribution is -0.270. The number of pyridine rings is 1. The van der Waals surface area contributed by atoms with Crippen LogP contribution >= 0.6 is 0 Å². The highest BCUT2D eigenvalue weighted by Gasteiger charge is 2.40. The molecule has 0 atom stereocenters. The Morgan fingerprint density at radius 2 is 1.74 bits per heavy atom. The van der Waals surface area contributed by atoms with Crippen molar-refractivity contribution in [3.8, 4) is 5.75 Å². The van der Waals surface area contributed by atoms with Gasteiger partial charge in [-0.2, -0.15) is 0 Å². The first kappa shape index (κ1) is 24.4. The maximum atomic E-state index is 11.2. The third-order valence-corrected chi connectivity index (χ3v) is 5.58. The number of carboxylic acids is 1. The van der Waals surface area contributed by atoms with E-state index >= 15 is 0 Å². The average Bonchev–Trinajstić information content (AvgIpc) is 2.89. The van der Waals surface area contributed by atoms with Crippen molar-refractivity contribution in [2.24, 2.45) is 11.1 Å². The van der Waals surface area contributed by atoms with Crippen LogP contribution in [0.2, 0.25) is 0 Å². The number of aromatic nitrogens is 1. The molecular weight excluding hydrogens is 448 g/mol. The fourth-order valence-electron chi connectivity index (χ4n) is 3.59. The lowest BCUT2D eigenvalue weighted by Gasteiger charge is -2.34. The van der Waals surface area contributed by atoms with Gasteiger partial charge in [-0.1, -0.05) is 53.7 Å². The summed E-state index contributed by atoms with van der Waals surface area (Å²) in [6.07, 6.45) is 2.45. The van der Waals surface area contributed by atoms with Crippen molar-refractivity contribution >= 4 is 11.7 Å². The van der Waals surface area contributed by atoms with E-state index in [9.17, 15) is 4.79 Å².